The molecule has 0 heterocycles. The fourth-order valence-corrected chi connectivity index (χ4v) is 2.62. The summed E-state index contributed by atoms with van der Waals surface area (Å²) in [6.07, 6.45) is 0.804. The second-order valence-electron chi connectivity index (χ2n) is 4.55. The van der Waals surface area contributed by atoms with Crippen molar-refractivity contribution < 1.29 is 4.74 Å². The summed E-state index contributed by atoms with van der Waals surface area (Å²) in [5, 5.41) is 4.67. The molecular formula is C16H17Cl2NO. The highest BCUT2D eigenvalue weighted by molar-refractivity contribution is 6.35. The van der Waals surface area contributed by atoms with Crippen LogP contribution in [-0.2, 0) is 6.42 Å². The summed E-state index contributed by atoms with van der Waals surface area (Å²) in [6, 6.07) is 13.8. The predicted molar refractivity (Wildman–Crippen MR) is 85.0 cm³/mol. The van der Waals surface area contributed by atoms with E-state index >= 15 is 0 Å². The summed E-state index contributed by atoms with van der Waals surface area (Å²) in [5.74, 6) is 0.855. The Morgan fingerprint density at radius 3 is 2.35 bits per heavy atom. The van der Waals surface area contributed by atoms with Gasteiger partial charge in [0.1, 0.15) is 5.75 Å². The number of likely N-dealkylation sites (N-methyl/N-ethyl adjacent to an activating group) is 1. The molecule has 20 heavy (non-hydrogen) atoms. The van der Waals surface area contributed by atoms with E-state index in [1.165, 1.54) is 5.56 Å². The van der Waals surface area contributed by atoms with Gasteiger partial charge in [-0.05, 0) is 48.9 Å². The molecule has 0 radical (unpaired) electrons. The third kappa shape index (κ3) is 3.66. The van der Waals surface area contributed by atoms with E-state index in [0.717, 1.165) is 17.7 Å². The van der Waals surface area contributed by atoms with Gasteiger partial charge < -0.3 is 10.1 Å². The fourth-order valence-electron chi connectivity index (χ4n) is 2.13. The van der Waals surface area contributed by atoms with Crippen LogP contribution in [0.15, 0.2) is 42.5 Å². The molecule has 2 aromatic carbocycles. The van der Waals surface area contributed by atoms with Crippen molar-refractivity contribution in [2.24, 2.45) is 0 Å². The number of methoxy groups -OCH3 is 1. The maximum atomic E-state index is 6.23. The smallest absolute Gasteiger partial charge is 0.118 e. The molecule has 0 saturated heterocycles. The first-order valence-corrected chi connectivity index (χ1v) is 7.14. The van der Waals surface area contributed by atoms with E-state index in [-0.39, 0.29) is 6.04 Å². The highest BCUT2D eigenvalue weighted by Crippen LogP contribution is 2.26. The van der Waals surface area contributed by atoms with E-state index in [2.05, 4.69) is 17.4 Å². The van der Waals surface area contributed by atoms with Crippen molar-refractivity contribution >= 4 is 23.2 Å². The number of rotatable bonds is 5. The Morgan fingerprint density at radius 2 is 1.80 bits per heavy atom. The van der Waals surface area contributed by atoms with Crippen molar-refractivity contribution in [3.8, 4) is 5.75 Å². The fraction of sp³-hybridized carbons (Fsp3) is 0.250. The molecule has 0 aliphatic rings. The lowest BCUT2D eigenvalue weighted by atomic mass is 9.99. The standard InChI is InChI=1S/C16H17Cl2NO/c1-19-16(11-4-7-14(20-2)8-5-11)9-12-3-6-13(17)10-15(12)18/h3-8,10,16,19H,9H2,1-2H3. The molecule has 0 aromatic heterocycles. The minimum atomic E-state index is 0.194. The summed E-state index contributed by atoms with van der Waals surface area (Å²) in [6.45, 7) is 0. The summed E-state index contributed by atoms with van der Waals surface area (Å²) in [7, 11) is 3.61. The van der Waals surface area contributed by atoms with Crippen LogP contribution in [0.5, 0.6) is 5.75 Å². The maximum absolute atomic E-state index is 6.23. The van der Waals surface area contributed by atoms with Crippen LogP contribution in [0.2, 0.25) is 10.0 Å². The second-order valence-corrected chi connectivity index (χ2v) is 5.40. The van der Waals surface area contributed by atoms with Gasteiger partial charge in [0.25, 0.3) is 0 Å². The third-order valence-electron chi connectivity index (χ3n) is 3.31. The Labute approximate surface area is 129 Å². The summed E-state index contributed by atoms with van der Waals surface area (Å²) in [4.78, 5) is 0. The normalized spacial score (nSPS) is 12.2. The number of nitrogens with one attached hydrogen (secondary N) is 1. The van der Waals surface area contributed by atoms with E-state index in [0.29, 0.717) is 10.0 Å². The largest absolute Gasteiger partial charge is 0.497 e. The number of hydrogen-bond donors (Lipinski definition) is 1. The van der Waals surface area contributed by atoms with Crippen LogP contribution in [0.4, 0.5) is 0 Å². The van der Waals surface area contributed by atoms with Gasteiger partial charge in [-0.3, -0.25) is 0 Å². The number of ether oxygens (including phenoxy) is 1. The van der Waals surface area contributed by atoms with E-state index in [9.17, 15) is 0 Å². The van der Waals surface area contributed by atoms with Gasteiger partial charge in [-0.1, -0.05) is 41.4 Å². The van der Waals surface area contributed by atoms with Crippen LogP contribution >= 0.6 is 23.2 Å². The first-order valence-electron chi connectivity index (χ1n) is 6.39. The molecule has 106 valence electrons. The Balaban J connectivity index is 2.19. The van der Waals surface area contributed by atoms with Gasteiger partial charge in [0.15, 0.2) is 0 Å². The molecule has 2 rings (SSSR count). The summed E-state index contributed by atoms with van der Waals surface area (Å²) in [5.41, 5.74) is 2.27. The first-order chi connectivity index (χ1) is 9.63. The van der Waals surface area contributed by atoms with Gasteiger partial charge in [-0.15, -0.1) is 0 Å². The Bertz CT molecular complexity index is 569. The molecule has 0 saturated carbocycles. The van der Waals surface area contributed by atoms with Crippen LogP contribution < -0.4 is 10.1 Å². The second kappa shape index (κ2) is 6.98. The number of benzene rings is 2. The molecule has 0 spiro atoms. The molecule has 0 fully saturated rings. The van der Waals surface area contributed by atoms with Gasteiger partial charge >= 0.3 is 0 Å². The quantitative estimate of drug-likeness (QED) is 0.877. The zero-order valence-electron chi connectivity index (χ0n) is 11.5. The molecular weight excluding hydrogens is 293 g/mol. The van der Waals surface area contributed by atoms with E-state index < -0.39 is 0 Å². The SMILES string of the molecule is CNC(Cc1ccc(Cl)cc1Cl)c1ccc(OC)cc1. The Morgan fingerprint density at radius 1 is 1.10 bits per heavy atom. The van der Waals surface area contributed by atoms with Gasteiger partial charge in [-0.2, -0.15) is 0 Å². The third-order valence-corrected chi connectivity index (χ3v) is 3.89. The zero-order chi connectivity index (χ0) is 14.5. The average molecular weight is 310 g/mol. The molecule has 1 atom stereocenters. The molecule has 4 heteroatoms. The minimum Gasteiger partial charge on any atom is -0.497 e. The maximum Gasteiger partial charge on any atom is 0.118 e. The van der Waals surface area contributed by atoms with E-state index in [1.54, 1.807) is 13.2 Å². The van der Waals surface area contributed by atoms with Gasteiger partial charge in [0, 0.05) is 16.1 Å². The van der Waals surface area contributed by atoms with Crippen molar-refractivity contribution in [1.82, 2.24) is 5.32 Å². The Hall–Kier alpha value is -1.22. The highest BCUT2D eigenvalue weighted by Gasteiger charge is 2.12. The van der Waals surface area contributed by atoms with Gasteiger partial charge in [-0.25, -0.2) is 0 Å². The molecule has 2 nitrogen and oxygen atoms in total. The number of hydrogen-bond acceptors (Lipinski definition) is 2. The molecule has 0 amide bonds. The number of halogens is 2. The van der Waals surface area contributed by atoms with Gasteiger partial charge in [0.05, 0.1) is 7.11 Å². The van der Waals surface area contributed by atoms with Crippen LogP contribution in [0.25, 0.3) is 0 Å². The van der Waals surface area contributed by atoms with Crippen LogP contribution in [-0.4, -0.2) is 14.2 Å². The van der Waals surface area contributed by atoms with E-state index in [4.69, 9.17) is 27.9 Å². The average Bonchev–Trinajstić information content (AvgIpc) is 2.47. The molecule has 1 N–H and O–H groups in total. The molecule has 0 bridgehead atoms. The van der Waals surface area contributed by atoms with Crippen molar-refractivity contribution in [3.05, 3.63) is 63.6 Å². The van der Waals surface area contributed by atoms with Crippen LogP contribution in [0, 0.1) is 0 Å². The predicted octanol–water partition coefficient (Wildman–Crippen LogP) is 4.51. The van der Waals surface area contributed by atoms with E-state index in [1.807, 2.05) is 31.3 Å². The molecule has 2 aromatic rings. The lowest BCUT2D eigenvalue weighted by molar-refractivity contribution is 0.414. The summed E-state index contributed by atoms with van der Waals surface area (Å²) < 4.78 is 5.18. The van der Waals surface area contributed by atoms with Crippen molar-refractivity contribution in [1.29, 1.82) is 0 Å². The van der Waals surface area contributed by atoms with Crippen molar-refractivity contribution in [2.75, 3.05) is 14.2 Å². The zero-order valence-corrected chi connectivity index (χ0v) is 13.0. The topological polar surface area (TPSA) is 21.3 Å². The Kier molecular flexibility index (Phi) is 5.30. The summed E-state index contributed by atoms with van der Waals surface area (Å²) >= 11 is 12.2. The minimum absolute atomic E-state index is 0.194. The molecule has 0 aliphatic heterocycles. The van der Waals surface area contributed by atoms with Gasteiger partial charge in [0.2, 0.25) is 0 Å². The first kappa shape index (κ1) is 15.2. The van der Waals surface area contributed by atoms with Crippen LogP contribution in [0.3, 0.4) is 0 Å². The van der Waals surface area contributed by atoms with Crippen LogP contribution in [0.1, 0.15) is 17.2 Å². The lowest BCUT2D eigenvalue weighted by Crippen LogP contribution is -2.18. The highest BCUT2D eigenvalue weighted by atomic mass is 35.5. The molecule has 0 aliphatic carbocycles. The lowest BCUT2D eigenvalue weighted by Gasteiger charge is -2.18. The van der Waals surface area contributed by atoms with Crippen molar-refractivity contribution in [2.45, 2.75) is 12.5 Å². The van der Waals surface area contributed by atoms with Crippen molar-refractivity contribution in [3.63, 3.8) is 0 Å². The molecule has 1 unspecified atom stereocenters. The monoisotopic (exact) mass is 309 g/mol.